The number of furan rings is 1. The maximum absolute atomic E-state index is 12.7. The molecule has 0 aliphatic rings. The molecule has 5 heteroatoms. The van der Waals surface area contributed by atoms with Crippen LogP contribution in [0.4, 0.5) is 5.69 Å². The van der Waals surface area contributed by atoms with Crippen molar-refractivity contribution >= 4 is 28.3 Å². The Morgan fingerprint density at radius 3 is 2.42 bits per heavy atom. The predicted octanol–water partition coefficient (Wildman–Crippen LogP) is 3.94. The lowest BCUT2D eigenvalue weighted by Crippen LogP contribution is -2.05. The Labute approximate surface area is 139 Å². The van der Waals surface area contributed by atoms with Crippen molar-refractivity contribution in [1.82, 2.24) is 0 Å². The molecule has 0 atom stereocenters. The van der Waals surface area contributed by atoms with Gasteiger partial charge in [0.25, 0.3) is 0 Å². The monoisotopic (exact) mass is 323 g/mol. The van der Waals surface area contributed by atoms with E-state index >= 15 is 0 Å². The van der Waals surface area contributed by atoms with Crippen LogP contribution in [0.1, 0.15) is 28.6 Å². The molecule has 0 unspecified atom stereocenters. The summed E-state index contributed by atoms with van der Waals surface area (Å²) in [4.78, 5) is 23.9. The van der Waals surface area contributed by atoms with Crippen molar-refractivity contribution in [3.63, 3.8) is 0 Å². The summed E-state index contributed by atoms with van der Waals surface area (Å²) in [7, 11) is 1.58. The Hall–Kier alpha value is -3.08. The minimum atomic E-state index is -0.188. The first-order valence-corrected chi connectivity index (χ1v) is 7.49. The molecular weight excluding hydrogens is 306 g/mol. The van der Waals surface area contributed by atoms with Gasteiger partial charge in [-0.1, -0.05) is 0 Å². The molecule has 0 aliphatic heterocycles. The van der Waals surface area contributed by atoms with Gasteiger partial charge in [-0.3, -0.25) is 9.59 Å². The fourth-order valence-electron chi connectivity index (χ4n) is 2.59. The number of rotatable bonds is 4. The SMILES string of the molecule is COc1ccc(C(=O)c2oc3ccc(NC(C)=O)cc3c2C)cc1. The number of benzene rings is 2. The first kappa shape index (κ1) is 15.8. The molecule has 0 fully saturated rings. The molecular formula is C19H17NO4. The average molecular weight is 323 g/mol. The fraction of sp³-hybridized carbons (Fsp3) is 0.158. The Balaban J connectivity index is 2.00. The number of ether oxygens (including phenoxy) is 1. The fourth-order valence-corrected chi connectivity index (χ4v) is 2.59. The molecule has 2 aromatic carbocycles. The van der Waals surface area contributed by atoms with E-state index in [0.717, 1.165) is 10.9 Å². The normalized spacial score (nSPS) is 10.6. The van der Waals surface area contributed by atoms with E-state index in [1.807, 2.05) is 6.92 Å². The molecule has 0 radical (unpaired) electrons. The van der Waals surface area contributed by atoms with Gasteiger partial charge in [0.15, 0.2) is 5.76 Å². The van der Waals surface area contributed by atoms with E-state index in [1.165, 1.54) is 6.92 Å². The predicted molar refractivity (Wildman–Crippen MR) is 91.7 cm³/mol. The maximum atomic E-state index is 12.7. The van der Waals surface area contributed by atoms with Crippen molar-refractivity contribution in [2.24, 2.45) is 0 Å². The van der Waals surface area contributed by atoms with E-state index in [-0.39, 0.29) is 11.7 Å². The maximum Gasteiger partial charge on any atom is 0.228 e. The van der Waals surface area contributed by atoms with Gasteiger partial charge < -0.3 is 14.5 Å². The summed E-state index contributed by atoms with van der Waals surface area (Å²) in [5.41, 5.74) is 2.55. The molecule has 0 spiro atoms. The number of carbonyl (C=O) groups excluding carboxylic acids is 2. The second-order valence-corrected chi connectivity index (χ2v) is 5.51. The molecule has 5 nitrogen and oxygen atoms in total. The summed E-state index contributed by atoms with van der Waals surface area (Å²) in [6.45, 7) is 3.28. The zero-order chi connectivity index (χ0) is 17.3. The molecule has 1 aromatic heterocycles. The van der Waals surface area contributed by atoms with Crippen LogP contribution in [0.2, 0.25) is 0 Å². The molecule has 1 heterocycles. The van der Waals surface area contributed by atoms with Crippen LogP contribution in [0.15, 0.2) is 46.9 Å². The Morgan fingerprint density at radius 2 is 1.79 bits per heavy atom. The molecule has 3 rings (SSSR count). The van der Waals surface area contributed by atoms with Gasteiger partial charge >= 0.3 is 0 Å². The topological polar surface area (TPSA) is 68.5 Å². The van der Waals surface area contributed by atoms with Crippen LogP contribution in [-0.2, 0) is 4.79 Å². The van der Waals surface area contributed by atoms with Gasteiger partial charge in [-0.05, 0) is 49.4 Å². The number of amides is 1. The highest BCUT2D eigenvalue weighted by atomic mass is 16.5. The van der Waals surface area contributed by atoms with E-state index in [9.17, 15) is 9.59 Å². The lowest BCUT2D eigenvalue weighted by atomic mass is 10.0. The van der Waals surface area contributed by atoms with Crippen LogP contribution in [0.25, 0.3) is 11.0 Å². The van der Waals surface area contributed by atoms with Crippen molar-refractivity contribution < 1.29 is 18.7 Å². The number of nitrogens with one attached hydrogen (secondary N) is 1. The lowest BCUT2D eigenvalue weighted by Gasteiger charge is -2.02. The summed E-state index contributed by atoms with van der Waals surface area (Å²) >= 11 is 0. The number of ketones is 1. The molecule has 1 amide bonds. The number of anilines is 1. The summed E-state index contributed by atoms with van der Waals surface area (Å²) in [5, 5.41) is 3.53. The van der Waals surface area contributed by atoms with Gasteiger partial charge in [0.1, 0.15) is 11.3 Å². The van der Waals surface area contributed by atoms with Crippen molar-refractivity contribution in [2.75, 3.05) is 12.4 Å². The van der Waals surface area contributed by atoms with Gasteiger partial charge in [-0.15, -0.1) is 0 Å². The van der Waals surface area contributed by atoms with Gasteiger partial charge in [-0.25, -0.2) is 0 Å². The Bertz CT molecular complexity index is 922. The van der Waals surface area contributed by atoms with Crippen molar-refractivity contribution in [3.05, 3.63) is 59.4 Å². The molecule has 0 saturated heterocycles. The quantitative estimate of drug-likeness (QED) is 0.738. The number of hydrogen-bond acceptors (Lipinski definition) is 4. The molecule has 1 N–H and O–H groups in total. The number of carbonyl (C=O) groups is 2. The minimum Gasteiger partial charge on any atom is -0.497 e. The molecule has 122 valence electrons. The highest BCUT2D eigenvalue weighted by Gasteiger charge is 2.19. The van der Waals surface area contributed by atoms with Crippen LogP contribution >= 0.6 is 0 Å². The second-order valence-electron chi connectivity index (χ2n) is 5.51. The van der Waals surface area contributed by atoms with E-state index in [0.29, 0.717) is 28.3 Å². The van der Waals surface area contributed by atoms with Crippen molar-refractivity contribution in [2.45, 2.75) is 13.8 Å². The second kappa shape index (κ2) is 6.20. The Morgan fingerprint density at radius 1 is 1.08 bits per heavy atom. The zero-order valence-corrected chi connectivity index (χ0v) is 13.7. The van der Waals surface area contributed by atoms with Gasteiger partial charge in [0.05, 0.1) is 7.11 Å². The summed E-state index contributed by atoms with van der Waals surface area (Å²) < 4.78 is 10.8. The average Bonchev–Trinajstić information content (AvgIpc) is 2.90. The smallest absolute Gasteiger partial charge is 0.228 e. The number of hydrogen-bond donors (Lipinski definition) is 1. The largest absolute Gasteiger partial charge is 0.497 e. The summed E-state index contributed by atoms with van der Waals surface area (Å²) in [5.74, 6) is 0.653. The van der Waals surface area contributed by atoms with Crippen molar-refractivity contribution in [3.8, 4) is 5.75 Å². The van der Waals surface area contributed by atoms with E-state index in [1.54, 1.807) is 49.6 Å². The standard InChI is InChI=1S/C19H17NO4/c1-11-16-10-14(20-12(2)21)6-9-17(16)24-19(11)18(22)13-4-7-15(23-3)8-5-13/h4-10H,1-3H3,(H,20,21). The molecule has 3 aromatic rings. The lowest BCUT2D eigenvalue weighted by molar-refractivity contribution is -0.114. The molecule has 0 saturated carbocycles. The Kier molecular flexibility index (Phi) is 4.08. The van der Waals surface area contributed by atoms with Gasteiger partial charge in [0.2, 0.25) is 11.7 Å². The number of fused-ring (bicyclic) bond motifs is 1. The summed E-state index contributed by atoms with van der Waals surface area (Å²) in [6.07, 6.45) is 0. The molecule has 24 heavy (non-hydrogen) atoms. The van der Waals surface area contributed by atoms with Crippen LogP contribution in [0, 0.1) is 6.92 Å². The first-order valence-electron chi connectivity index (χ1n) is 7.49. The summed E-state index contributed by atoms with van der Waals surface area (Å²) in [6, 6.07) is 12.2. The number of methoxy groups -OCH3 is 1. The van der Waals surface area contributed by atoms with Gasteiger partial charge in [0, 0.05) is 29.1 Å². The number of aryl methyl sites for hydroxylation is 1. The zero-order valence-electron chi connectivity index (χ0n) is 13.7. The van der Waals surface area contributed by atoms with Gasteiger partial charge in [-0.2, -0.15) is 0 Å². The van der Waals surface area contributed by atoms with Crippen LogP contribution < -0.4 is 10.1 Å². The first-order chi connectivity index (χ1) is 11.5. The van der Waals surface area contributed by atoms with Crippen LogP contribution in [0.5, 0.6) is 5.75 Å². The third kappa shape index (κ3) is 2.88. The van der Waals surface area contributed by atoms with E-state index in [4.69, 9.17) is 9.15 Å². The third-order valence-corrected chi connectivity index (χ3v) is 3.81. The van der Waals surface area contributed by atoms with E-state index < -0.39 is 0 Å². The van der Waals surface area contributed by atoms with Crippen LogP contribution in [0.3, 0.4) is 0 Å². The van der Waals surface area contributed by atoms with Crippen molar-refractivity contribution in [1.29, 1.82) is 0 Å². The highest BCUT2D eigenvalue weighted by Crippen LogP contribution is 2.29. The third-order valence-electron chi connectivity index (χ3n) is 3.81. The molecule has 0 bridgehead atoms. The minimum absolute atomic E-state index is 0.148. The highest BCUT2D eigenvalue weighted by molar-refractivity contribution is 6.10. The van der Waals surface area contributed by atoms with Crippen LogP contribution in [-0.4, -0.2) is 18.8 Å². The molecule has 0 aliphatic carbocycles. The van der Waals surface area contributed by atoms with E-state index in [2.05, 4.69) is 5.32 Å².